The second-order valence-corrected chi connectivity index (χ2v) is 2.10. The van der Waals surface area contributed by atoms with Crippen molar-refractivity contribution in [2.75, 3.05) is 7.11 Å². The fourth-order valence-corrected chi connectivity index (χ4v) is 0.381. The van der Waals surface area contributed by atoms with Crippen molar-refractivity contribution in [1.29, 1.82) is 0 Å². The fourth-order valence-electron chi connectivity index (χ4n) is 0.127. The van der Waals surface area contributed by atoms with Crippen molar-refractivity contribution in [3.05, 3.63) is 0 Å². The molecule has 3 nitrogen and oxygen atoms in total. The van der Waals surface area contributed by atoms with Crippen molar-refractivity contribution >= 4 is 8.69 Å². The zero-order valence-corrected chi connectivity index (χ0v) is 6.07. The zero-order valence-electron chi connectivity index (χ0n) is 5.17. The minimum Gasteiger partial charge on any atom is -0.353 e. The lowest BCUT2D eigenvalue weighted by Gasteiger charge is -2.17. The molecule has 0 aromatic heterocycles. The first-order valence-corrected chi connectivity index (χ1v) is 2.91. The van der Waals surface area contributed by atoms with Crippen molar-refractivity contribution in [3.63, 3.8) is 0 Å². The summed E-state index contributed by atoms with van der Waals surface area (Å²) in [5.74, 6) is -0.733. The molecular weight excluding hydrogens is 127 g/mol. The summed E-state index contributed by atoms with van der Waals surface area (Å²) in [5, 5.41) is 0. The molecule has 0 atom stereocenters. The Morgan fingerprint density at radius 1 is 1.50 bits per heavy atom. The van der Waals surface area contributed by atoms with Crippen LogP contribution in [0.15, 0.2) is 0 Å². The lowest BCUT2D eigenvalue weighted by atomic mass is 10.4. The van der Waals surface area contributed by atoms with Gasteiger partial charge in [-0.1, -0.05) is 0 Å². The van der Waals surface area contributed by atoms with Crippen molar-refractivity contribution in [3.8, 4) is 0 Å². The van der Waals surface area contributed by atoms with Gasteiger partial charge in [-0.05, 0) is 13.8 Å². The van der Waals surface area contributed by atoms with Crippen LogP contribution in [0.2, 0.25) is 0 Å². The Labute approximate surface area is 50.3 Å². The van der Waals surface area contributed by atoms with Gasteiger partial charge in [0.1, 0.15) is 0 Å². The first-order chi connectivity index (χ1) is 3.62. The van der Waals surface area contributed by atoms with E-state index in [1.165, 1.54) is 7.11 Å². The molecule has 0 saturated carbocycles. The summed E-state index contributed by atoms with van der Waals surface area (Å²) in [6.07, 6.45) is 0. The number of methoxy groups -OCH3 is 1. The van der Waals surface area contributed by atoms with Gasteiger partial charge in [0.25, 0.3) is 0 Å². The van der Waals surface area contributed by atoms with Crippen LogP contribution < -0.4 is 0 Å². The Balaban J connectivity index is 3.53. The minimum absolute atomic E-state index is 0.350. The monoisotopic (exact) mass is 136 g/mol. The molecule has 0 rings (SSSR count). The topological polar surface area (TPSA) is 35.5 Å². The third kappa shape index (κ3) is 3.08. The average Bonchev–Trinajstić information content (AvgIpc) is 1.67. The van der Waals surface area contributed by atoms with E-state index >= 15 is 0 Å². The van der Waals surface area contributed by atoms with Crippen LogP contribution in [0.3, 0.4) is 0 Å². The standard InChI is InChI=1S/C4H9O3P/c1-4(2,6-3)7-8-5/h1-3H3. The Morgan fingerprint density at radius 2 is 2.00 bits per heavy atom. The van der Waals surface area contributed by atoms with E-state index in [2.05, 4.69) is 4.52 Å². The van der Waals surface area contributed by atoms with E-state index in [0.717, 1.165) is 0 Å². The van der Waals surface area contributed by atoms with Crippen LogP contribution in [0.5, 0.6) is 0 Å². The molecule has 0 fully saturated rings. The van der Waals surface area contributed by atoms with Gasteiger partial charge in [-0.25, -0.2) is 4.57 Å². The molecule has 0 aliphatic heterocycles. The number of ether oxygens (including phenoxy) is 1. The molecule has 0 saturated heterocycles. The van der Waals surface area contributed by atoms with Crippen molar-refractivity contribution in [2.24, 2.45) is 0 Å². The highest BCUT2D eigenvalue weighted by Crippen LogP contribution is 2.15. The molecule has 0 unspecified atom stereocenters. The van der Waals surface area contributed by atoms with Gasteiger partial charge >= 0.3 is 8.69 Å². The van der Waals surface area contributed by atoms with Crippen molar-refractivity contribution < 1.29 is 13.8 Å². The van der Waals surface area contributed by atoms with E-state index in [-0.39, 0.29) is 8.69 Å². The van der Waals surface area contributed by atoms with Crippen LogP contribution >= 0.6 is 8.69 Å². The maximum atomic E-state index is 9.77. The van der Waals surface area contributed by atoms with E-state index in [9.17, 15) is 4.57 Å². The minimum atomic E-state index is -0.733. The van der Waals surface area contributed by atoms with E-state index in [1.54, 1.807) is 13.8 Å². The highest BCUT2D eigenvalue weighted by molar-refractivity contribution is 7.17. The molecule has 0 amide bonds. The molecule has 4 heteroatoms. The fraction of sp³-hybridized carbons (Fsp3) is 1.00. The van der Waals surface area contributed by atoms with Gasteiger partial charge in [-0.15, -0.1) is 0 Å². The highest BCUT2D eigenvalue weighted by atomic mass is 31.1. The zero-order chi connectivity index (χ0) is 6.62. The van der Waals surface area contributed by atoms with Crippen molar-refractivity contribution in [2.45, 2.75) is 19.6 Å². The van der Waals surface area contributed by atoms with Crippen LogP contribution in [0.25, 0.3) is 0 Å². The quantitative estimate of drug-likeness (QED) is 0.436. The van der Waals surface area contributed by atoms with Crippen LogP contribution in [0.1, 0.15) is 13.8 Å². The lowest BCUT2D eigenvalue weighted by molar-refractivity contribution is -0.127. The lowest BCUT2D eigenvalue weighted by Crippen LogP contribution is -2.21. The Morgan fingerprint density at radius 3 is 2.12 bits per heavy atom. The van der Waals surface area contributed by atoms with E-state index in [4.69, 9.17) is 4.74 Å². The van der Waals surface area contributed by atoms with Gasteiger partial charge in [-0.2, -0.15) is 0 Å². The average molecular weight is 136 g/mol. The van der Waals surface area contributed by atoms with Gasteiger partial charge < -0.3 is 4.74 Å². The maximum Gasteiger partial charge on any atom is 0.330 e. The van der Waals surface area contributed by atoms with Crippen LogP contribution in [0, 0.1) is 0 Å². The number of hydrogen-bond donors (Lipinski definition) is 0. The molecule has 0 aromatic rings. The summed E-state index contributed by atoms with van der Waals surface area (Å²) in [6, 6.07) is 0. The molecule has 0 aromatic carbocycles. The third-order valence-electron chi connectivity index (χ3n) is 0.749. The summed E-state index contributed by atoms with van der Waals surface area (Å²) in [6.45, 7) is 3.36. The van der Waals surface area contributed by atoms with Crippen LogP contribution in [0.4, 0.5) is 0 Å². The second kappa shape index (κ2) is 3.13. The van der Waals surface area contributed by atoms with Gasteiger partial charge in [-0.3, -0.25) is 4.52 Å². The summed E-state index contributed by atoms with van der Waals surface area (Å²) in [7, 11) is 1.14. The molecule has 8 heavy (non-hydrogen) atoms. The smallest absolute Gasteiger partial charge is 0.330 e. The largest absolute Gasteiger partial charge is 0.353 e. The molecule has 0 aliphatic rings. The predicted molar refractivity (Wildman–Crippen MR) is 29.8 cm³/mol. The third-order valence-corrected chi connectivity index (χ3v) is 1.26. The van der Waals surface area contributed by atoms with E-state index in [1.807, 2.05) is 0 Å². The molecule has 0 bridgehead atoms. The normalized spacial score (nSPS) is 12.4. The maximum absolute atomic E-state index is 9.77. The van der Waals surface area contributed by atoms with E-state index in [0.29, 0.717) is 0 Å². The summed E-state index contributed by atoms with van der Waals surface area (Å²) in [5.41, 5.74) is 0. The Kier molecular flexibility index (Phi) is 3.13. The van der Waals surface area contributed by atoms with Crippen LogP contribution in [-0.2, 0) is 13.8 Å². The van der Waals surface area contributed by atoms with Gasteiger partial charge in [0.05, 0.1) is 0 Å². The molecule has 48 valence electrons. The first-order valence-electron chi connectivity index (χ1n) is 2.18. The summed E-state index contributed by atoms with van der Waals surface area (Å²) in [4.78, 5) is 0. The molecule has 0 spiro atoms. The van der Waals surface area contributed by atoms with Gasteiger partial charge in [0.2, 0.25) is 0 Å². The van der Waals surface area contributed by atoms with Gasteiger partial charge in [0, 0.05) is 7.11 Å². The highest BCUT2D eigenvalue weighted by Gasteiger charge is 2.15. The molecular formula is C4H9O3P. The predicted octanol–water partition coefficient (Wildman–Crippen LogP) is 1.59. The molecule has 0 radical (unpaired) electrons. The summed E-state index contributed by atoms with van der Waals surface area (Å²) < 4.78 is 19.1. The van der Waals surface area contributed by atoms with Crippen LogP contribution in [-0.4, -0.2) is 12.9 Å². The van der Waals surface area contributed by atoms with Crippen molar-refractivity contribution in [1.82, 2.24) is 0 Å². The molecule has 0 aliphatic carbocycles. The molecule has 0 heterocycles. The first kappa shape index (κ1) is 8.02. The van der Waals surface area contributed by atoms with E-state index < -0.39 is 5.79 Å². The Bertz CT molecular complexity index is 81.4. The summed E-state index contributed by atoms with van der Waals surface area (Å²) >= 11 is 0. The number of rotatable bonds is 3. The van der Waals surface area contributed by atoms with Gasteiger partial charge in [0.15, 0.2) is 5.79 Å². The molecule has 0 N–H and O–H groups in total. The second-order valence-electron chi connectivity index (χ2n) is 1.77. The Hall–Kier alpha value is 0.0200. The SMILES string of the molecule is COC(C)(C)OP=O. The number of hydrogen-bond acceptors (Lipinski definition) is 3.